The first-order valence-corrected chi connectivity index (χ1v) is 15.6. The zero-order chi connectivity index (χ0) is 27.2. The summed E-state index contributed by atoms with van der Waals surface area (Å²) in [5.74, 6) is -0.464. The molecule has 1 saturated heterocycles. The van der Waals surface area contributed by atoms with E-state index in [1.54, 1.807) is 0 Å². The van der Waals surface area contributed by atoms with Crippen LogP contribution in [0.1, 0.15) is 141 Å². The molecule has 5 heteroatoms. The SMILES string of the molecule is CCCCCCCCCCCCCCCCCCCC(=O)OCC1(COCc2ccccc2)CCC(=O)O1. The highest BCUT2D eigenvalue weighted by molar-refractivity contribution is 5.72. The Kier molecular flexibility index (Phi) is 17.9. The Bertz CT molecular complexity index is 734. The standard InChI is InChI=1S/C33H54O5/c1-2-3-4-5-6-7-8-9-10-11-12-13-14-15-16-17-21-24-31(34)37-29-33(26-25-32(35)38-33)28-36-27-30-22-19-18-20-23-30/h18-20,22-23H,2-17,21,24-29H2,1H3. The Labute approximate surface area is 232 Å². The number of cyclic esters (lactones) is 1. The van der Waals surface area contributed by atoms with Crippen LogP contribution in [0.3, 0.4) is 0 Å². The van der Waals surface area contributed by atoms with Gasteiger partial charge >= 0.3 is 11.9 Å². The predicted molar refractivity (Wildman–Crippen MR) is 154 cm³/mol. The third-order valence-corrected chi connectivity index (χ3v) is 7.57. The molecule has 1 aliphatic heterocycles. The lowest BCUT2D eigenvalue weighted by Gasteiger charge is -2.27. The van der Waals surface area contributed by atoms with Gasteiger partial charge in [0.2, 0.25) is 0 Å². The first-order valence-electron chi connectivity index (χ1n) is 15.6. The van der Waals surface area contributed by atoms with Crippen LogP contribution in [0.25, 0.3) is 0 Å². The van der Waals surface area contributed by atoms with Crippen molar-refractivity contribution in [2.45, 2.75) is 148 Å². The molecule has 0 amide bonds. The number of carbonyl (C=O) groups excluding carboxylic acids is 2. The maximum absolute atomic E-state index is 12.3. The molecule has 2 rings (SSSR count). The number of benzene rings is 1. The van der Waals surface area contributed by atoms with Gasteiger partial charge in [-0.3, -0.25) is 9.59 Å². The van der Waals surface area contributed by atoms with Crippen LogP contribution >= 0.6 is 0 Å². The number of hydrogen-bond acceptors (Lipinski definition) is 5. The van der Waals surface area contributed by atoms with E-state index in [4.69, 9.17) is 14.2 Å². The molecule has 0 N–H and O–H groups in total. The van der Waals surface area contributed by atoms with E-state index in [1.807, 2.05) is 30.3 Å². The van der Waals surface area contributed by atoms with Crippen LogP contribution in [0.5, 0.6) is 0 Å². The van der Waals surface area contributed by atoms with Gasteiger partial charge in [-0.05, 0) is 12.0 Å². The van der Waals surface area contributed by atoms with Gasteiger partial charge in [0.25, 0.3) is 0 Å². The smallest absolute Gasteiger partial charge is 0.306 e. The zero-order valence-corrected chi connectivity index (χ0v) is 24.2. The summed E-state index contributed by atoms with van der Waals surface area (Å²) in [4.78, 5) is 24.0. The monoisotopic (exact) mass is 530 g/mol. The minimum atomic E-state index is -0.851. The minimum Gasteiger partial charge on any atom is -0.461 e. The van der Waals surface area contributed by atoms with Crippen molar-refractivity contribution in [3.63, 3.8) is 0 Å². The average Bonchev–Trinajstić information content (AvgIpc) is 3.30. The molecule has 0 bridgehead atoms. The molecule has 1 fully saturated rings. The van der Waals surface area contributed by atoms with Gasteiger partial charge in [-0.1, -0.05) is 140 Å². The summed E-state index contributed by atoms with van der Waals surface area (Å²) < 4.78 is 16.9. The fourth-order valence-electron chi connectivity index (χ4n) is 5.13. The molecule has 1 atom stereocenters. The van der Waals surface area contributed by atoms with Gasteiger partial charge in [0.15, 0.2) is 5.60 Å². The highest BCUT2D eigenvalue weighted by Gasteiger charge is 2.42. The molecule has 1 heterocycles. The molecular formula is C33H54O5. The summed E-state index contributed by atoms with van der Waals surface area (Å²) >= 11 is 0. The lowest BCUT2D eigenvalue weighted by atomic mass is 10.0. The van der Waals surface area contributed by atoms with Crippen molar-refractivity contribution in [2.24, 2.45) is 0 Å². The maximum Gasteiger partial charge on any atom is 0.306 e. The lowest BCUT2D eigenvalue weighted by Crippen LogP contribution is -2.40. The summed E-state index contributed by atoms with van der Waals surface area (Å²) in [5.41, 5.74) is 0.207. The predicted octanol–water partition coefficient (Wildman–Crippen LogP) is 8.86. The van der Waals surface area contributed by atoms with Crippen LogP contribution in [0.2, 0.25) is 0 Å². The molecule has 216 valence electrons. The van der Waals surface area contributed by atoms with E-state index in [9.17, 15) is 9.59 Å². The summed E-state index contributed by atoms with van der Waals surface area (Å²) in [6, 6.07) is 9.87. The van der Waals surface area contributed by atoms with Crippen LogP contribution in [0, 0.1) is 0 Å². The topological polar surface area (TPSA) is 61.8 Å². The molecule has 0 saturated carbocycles. The van der Waals surface area contributed by atoms with Crippen molar-refractivity contribution < 1.29 is 23.8 Å². The van der Waals surface area contributed by atoms with Gasteiger partial charge in [0.05, 0.1) is 13.2 Å². The molecule has 5 nitrogen and oxygen atoms in total. The van der Waals surface area contributed by atoms with Gasteiger partial charge in [-0.2, -0.15) is 0 Å². The van der Waals surface area contributed by atoms with Gasteiger partial charge in [-0.25, -0.2) is 0 Å². The van der Waals surface area contributed by atoms with E-state index < -0.39 is 5.60 Å². The van der Waals surface area contributed by atoms with Gasteiger partial charge in [0, 0.05) is 19.3 Å². The number of hydrogen-bond donors (Lipinski definition) is 0. The van der Waals surface area contributed by atoms with Crippen molar-refractivity contribution in [1.29, 1.82) is 0 Å². The number of carbonyl (C=O) groups is 2. The van der Waals surface area contributed by atoms with Crippen molar-refractivity contribution in [3.8, 4) is 0 Å². The third-order valence-electron chi connectivity index (χ3n) is 7.57. The Morgan fingerprint density at radius 2 is 1.29 bits per heavy atom. The second-order valence-corrected chi connectivity index (χ2v) is 11.2. The first kappa shape index (κ1) is 32.3. The Balaban J connectivity index is 1.41. The van der Waals surface area contributed by atoms with Gasteiger partial charge in [-0.15, -0.1) is 0 Å². The van der Waals surface area contributed by atoms with Gasteiger partial charge < -0.3 is 14.2 Å². The van der Waals surface area contributed by atoms with Crippen LogP contribution in [0.15, 0.2) is 30.3 Å². The summed E-state index contributed by atoms with van der Waals surface area (Å²) in [5, 5.41) is 0. The fraction of sp³-hybridized carbons (Fsp3) is 0.758. The molecule has 1 aromatic carbocycles. The molecule has 0 aliphatic carbocycles. The van der Waals surface area contributed by atoms with Crippen LogP contribution < -0.4 is 0 Å². The second-order valence-electron chi connectivity index (χ2n) is 11.2. The number of esters is 2. The van der Waals surface area contributed by atoms with E-state index in [2.05, 4.69) is 6.92 Å². The fourth-order valence-corrected chi connectivity index (χ4v) is 5.13. The van der Waals surface area contributed by atoms with E-state index in [0.717, 1.165) is 18.4 Å². The van der Waals surface area contributed by atoms with Gasteiger partial charge in [0.1, 0.15) is 6.61 Å². The minimum absolute atomic E-state index is 0.0747. The molecule has 1 aliphatic rings. The molecular weight excluding hydrogens is 476 g/mol. The molecule has 0 spiro atoms. The Morgan fingerprint density at radius 1 is 0.763 bits per heavy atom. The third kappa shape index (κ3) is 15.5. The summed E-state index contributed by atoms with van der Waals surface area (Å²) in [6.45, 7) is 3.03. The van der Waals surface area contributed by atoms with Crippen molar-refractivity contribution in [3.05, 3.63) is 35.9 Å². The van der Waals surface area contributed by atoms with E-state index in [-0.39, 0.29) is 25.2 Å². The van der Waals surface area contributed by atoms with E-state index in [0.29, 0.717) is 25.9 Å². The highest BCUT2D eigenvalue weighted by atomic mass is 16.6. The van der Waals surface area contributed by atoms with Crippen molar-refractivity contribution in [1.82, 2.24) is 0 Å². The molecule has 0 radical (unpaired) electrons. The summed E-state index contributed by atoms with van der Waals surface area (Å²) in [6.07, 6.45) is 23.7. The number of unbranched alkanes of at least 4 members (excludes halogenated alkanes) is 16. The molecule has 0 aromatic heterocycles. The van der Waals surface area contributed by atoms with Crippen LogP contribution in [0.4, 0.5) is 0 Å². The first-order chi connectivity index (χ1) is 18.6. The van der Waals surface area contributed by atoms with Crippen molar-refractivity contribution in [2.75, 3.05) is 13.2 Å². The van der Waals surface area contributed by atoms with Crippen LogP contribution in [-0.2, 0) is 30.4 Å². The normalized spacial score (nSPS) is 17.0. The highest BCUT2D eigenvalue weighted by Crippen LogP contribution is 2.28. The Morgan fingerprint density at radius 3 is 1.79 bits per heavy atom. The van der Waals surface area contributed by atoms with Crippen molar-refractivity contribution >= 4 is 11.9 Å². The molecule has 1 unspecified atom stereocenters. The average molecular weight is 531 g/mol. The Hall–Kier alpha value is -1.88. The van der Waals surface area contributed by atoms with Crippen LogP contribution in [-0.4, -0.2) is 30.8 Å². The quantitative estimate of drug-likeness (QED) is 0.0986. The number of ether oxygens (including phenoxy) is 3. The maximum atomic E-state index is 12.3. The van der Waals surface area contributed by atoms with E-state index in [1.165, 1.54) is 96.3 Å². The van der Waals surface area contributed by atoms with E-state index >= 15 is 0 Å². The number of rotatable bonds is 24. The second kappa shape index (κ2) is 21.0. The molecule has 38 heavy (non-hydrogen) atoms. The molecule has 1 aromatic rings. The summed E-state index contributed by atoms with van der Waals surface area (Å²) in [7, 11) is 0. The lowest BCUT2D eigenvalue weighted by molar-refractivity contribution is -0.169. The largest absolute Gasteiger partial charge is 0.461 e. The zero-order valence-electron chi connectivity index (χ0n) is 24.2.